The second-order valence-corrected chi connectivity index (χ2v) is 19.2. The first-order valence-electron chi connectivity index (χ1n) is 19.1. The summed E-state index contributed by atoms with van der Waals surface area (Å²) in [6.45, 7) is 4.16. The van der Waals surface area contributed by atoms with Crippen LogP contribution in [0.4, 0.5) is 0 Å². The van der Waals surface area contributed by atoms with E-state index in [1.165, 1.54) is 16.7 Å². The van der Waals surface area contributed by atoms with Crippen molar-refractivity contribution in [3.63, 3.8) is 0 Å². The van der Waals surface area contributed by atoms with Crippen LogP contribution < -0.4 is 25.8 Å². The molecule has 2 aliphatic carbocycles. The molecule has 3 fully saturated rings. The van der Waals surface area contributed by atoms with Gasteiger partial charge in [0, 0.05) is 35.2 Å². The Labute approximate surface area is 331 Å². The fourth-order valence-corrected chi connectivity index (χ4v) is 9.51. The third kappa shape index (κ3) is 9.72. The summed E-state index contributed by atoms with van der Waals surface area (Å²) < 4.78 is 32.8. The number of aliphatic carboxylic acids is 1. The Morgan fingerprint density at radius 1 is 1.11 bits per heavy atom. The third-order valence-electron chi connectivity index (χ3n) is 10.7. The van der Waals surface area contributed by atoms with Gasteiger partial charge in [-0.1, -0.05) is 30.4 Å². The van der Waals surface area contributed by atoms with E-state index < -0.39 is 79.2 Å². The molecule has 6 rings (SSSR count). The fraction of sp³-hybridized carbons (Fsp3) is 0.538. The first kappa shape index (κ1) is 41.2. The van der Waals surface area contributed by atoms with Gasteiger partial charge in [0.2, 0.25) is 21.8 Å². The zero-order valence-corrected chi connectivity index (χ0v) is 33.2. The van der Waals surface area contributed by atoms with Crippen molar-refractivity contribution in [2.24, 2.45) is 11.7 Å². The Morgan fingerprint density at radius 3 is 2.62 bits per heavy atom. The van der Waals surface area contributed by atoms with Gasteiger partial charge in [0.05, 0.1) is 23.6 Å². The second kappa shape index (κ2) is 16.9. The van der Waals surface area contributed by atoms with E-state index >= 15 is 0 Å². The topological polar surface area (TPSA) is 227 Å². The van der Waals surface area contributed by atoms with Crippen molar-refractivity contribution in [2.75, 3.05) is 18.9 Å². The molecule has 4 aliphatic rings. The van der Waals surface area contributed by atoms with E-state index in [1.54, 1.807) is 24.3 Å². The van der Waals surface area contributed by atoms with Crippen LogP contribution in [0.15, 0.2) is 54.6 Å². The SMILES string of the molecule is CC1(C)SCCC=C[C@@H]2C[C@@]2(C(=O)NS(=O)(=O)C2CC2)NC(=O)[C@@H]2C[C@@H](NC(=O)c3cccc(-c4cccc(OCCCCCC(=O)O)c4)n3)CN2C(=O)[C@H]1N. The van der Waals surface area contributed by atoms with Crippen LogP contribution in [0.2, 0.25) is 0 Å². The maximum Gasteiger partial charge on any atom is 0.303 e. The molecule has 1 aromatic heterocycles. The predicted octanol–water partition coefficient (Wildman–Crippen LogP) is 2.75. The first-order valence-corrected chi connectivity index (χ1v) is 21.6. The number of sulfonamides is 1. The van der Waals surface area contributed by atoms with E-state index in [9.17, 15) is 32.4 Å². The number of hydrogen-bond acceptors (Lipinski definition) is 11. The van der Waals surface area contributed by atoms with Crippen LogP contribution in [0.5, 0.6) is 5.75 Å². The molecule has 1 saturated heterocycles. The van der Waals surface area contributed by atoms with Gasteiger partial charge in [0.25, 0.3) is 11.8 Å². The first-order chi connectivity index (χ1) is 26.6. The molecule has 15 nitrogen and oxygen atoms in total. The van der Waals surface area contributed by atoms with E-state index in [0.717, 1.165) is 6.42 Å². The number of thioether (sulfide) groups is 1. The van der Waals surface area contributed by atoms with Crippen LogP contribution >= 0.6 is 11.8 Å². The minimum Gasteiger partial charge on any atom is -0.494 e. The average Bonchev–Trinajstić information content (AvgIpc) is 4.09. The van der Waals surface area contributed by atoms with Gasteiger partial charge < -0.3 is 31.1 Å². The summed E-state index contributed by atoms with van der Waals surface area (Å²) in [4.78, 5) is 72.2. The zero-order chi connectivity index (χ0) is 40.3. The number of pyridine rings is 1. The predicted molar refractivity (Wildman–Crippen MR) is 210 cm³/mol. The molecule has 0 unspecified atom stereocenters. The van der Waals surface area contributed by atoms with Crippen molar-refractivity contribution in [1.29, 1.82) is 0 Å². The quantitative estimate of drug-likeness (QED) is 0.145. The number of hydrogen-bond donors (Lipinski definition) is 5. The molecule has 0 bridgehead atoms. The number of rotatable bonds is 13. The van der Waals surface area contributed by atoms with Crippen molar-refractivity contribution in [1.82, 2.24) is 25.2 Å². The lowest BCUT2D eigenvalue weighted by molar-refractivity contribution is -0.141. The summed E-state index contributed by atoms with van der Waals surface area (Å²) in [6, 6.07) is 9.53. The van der Waals surface area contributed by atoms with Crippen molar-refractivity contribution in [2.45, 2.75) is 105 Å². The number of fused-ring (bicyclic) bond motifs is 2. The van der Waals surface area contributed by atoms with E-state index in [0.29, 0.717) is 61.5 Å². The lowest BCUT2D eigenvalue weighted by Gasteiger charge is -2.35. The van der Waals surface area contributed by atoms with Gasteiger partial charge in [0.15, 0.2) is 0 Å². The largest absolute Gasteiger partial charge is 0.494 e. The molecule has 0 radical (unpaired) electrons. The maximum absolute atomic E-state index is 14.1. The Morgan fingerprint density at radius 2 is 1.88 bits per heavy atom. The lowest BCUT2D eigenvalue weighted by Crippen LogP contribution is -2.59. The van der Waals surface area contributed by atoms with Crippen LogP contribution in [0.1, 0.15) is 82.1 Å². The lowest BCUT2D eigenvalue weighted by atomic mass is 10.0. The molecule has 4 amide bonds. The number of nitrogens with one attached hydrogen (secondary N) is 3. The Balaban J connectivity index is 1.17. The van der Waals surface area contributed by atoms with Crippen LogP contribution in [0.25, 0.3) is 11.3 Å². The van der Waals surface area contributed by atoms with Crippen LogP contribution in [0.3, 0.4) is 0 Å². The normalized spacial score (nSPS) is 26.2. The number of allylic oxidation sites excluding steroid dienone is 1. The van der Waals surface area contributed by atoms with Crippen molar-refractivity contribution < 1.29 is 42.2 Å². The van der Waals surface area contributed by atoms with Crippen molar-refractivity contribution in [3.8, 4) is 17.0 Å². The summed E-state index contributed by atoms with van der Waals surface area (Å²) in [7, 11) is -3.89. The van der Waals surface area contributed by atoms with Crippen LogP contribution in [-0.2, 0) is 29.2 Å². The number of carbonyl (C=O) groups is 5. The van der Waals surface area contributed by atoms with Gasteiger partial charge in [-0.05, 0) is 95.2 Å². The van der Waals surface area contributed by atoms with Gasteiger partial charge in [0.1, 0.15) is 23.0 Å². The molecular weight excluding hydrogens is 761 g/mol. The Hall–Kier alpha value is -4.48. The van der Waals surface area contributed by atoms with E-state index in [1.807, 2.05) is 44.2 Å². The molecule has 17 heteroatoms. The van der Waals surface area contributed by atoms with Gasteiger partial charge in [-0.15, -0.1) is 0 Å². The highest BCUT2D eigenvalue weighted by molar-refractivity contribution is 8.00. The number of aromatic nitrogens is 1. The van der Waals surface area contributed by atoms with E-state index in [2.05, 4.69) is 20.3 Å². The van der Waals surface area contributed by atoms with Gasteiger partial charge in [-0.25, -0.2) is 13.4 Å². The summed E-state index contributed by atoms with van der Waals surface area (Å²) in [5, 5.41) is 13.9. The summed E-state index contributed by atoms with van der Waals surface area (Å²) in [5.41, 5.74) is 6.43. The number of nitrogens with zero attached hydrogens (tertiary/aromatic N) is 2. The van der Waals surface area contributed by atoms with Crippen LogP contribution in [0, 0.1) is 5.92 Å². The monoisotopic (exact) mass is 810 g/mol. The molecule has 5 atom stereocenters. The number of unbranched alkanes of at least 4 members (excludes halogenated alkanes) is 2. The molecule has 2 saturated carbocycles. The number of nitrogens with two attached hydrogens (primary N) is 1. The number of carbonyl (C=O) groups excluding carboxylic acids is 4. The van der Waals surface area contributed by atoms with Gasteiger partial charge in [-0.2, -0.15) is 11.8 Å². The molecule has 2 aliphatic heterocycles. The molecule has 56 heavy (non-hydrogen) atoms. The standard InChI is InChI=1S/C39H50N6O9S2/c1-38(2)33(40)36(50)45-23-26(21-31(45)35(49)43-39(22-25(39)11-5-7-19-55-38)37(51)44-56(52,53)28-16-17-28)41-34(48)30-14-9-13-29(42-30)24-10-8-12-27(20-24)54-18-6-3-4-15-32(46)47/h5,8-14,20,25-26,28,31,33H,3-4,6-7,15-19,21-23,40H2,1-2H3,(H,41,48)(H,43,49)(H,44,51)(H,46,47)/t25-,26-,31+,33-,39-/m1/s1. The number of benzene rings is 1. The zero-order valence-electron chi connectivity index (χ0n) is 31.6. The number of carboxylic acid groups (broad SMARTS) is 1. The average molecular weight is 811 g/mol. The number of carboxylic acids is 1. The highest BCUT2D eigenvalue weighted by atomic mass is 32.2. The minimum absolute atomic E-state index is 0.0227. The van der Waals surface area contributed by atoms with Gasteiger partial charge >= 0.3 is 5.97 Å². The molecule has 2 aromatic rings. The Bertz CT molecular complexity index is 1990. The number of amides is 4. The number of ether oxygens (including phenoxy) is 1. The molecule has 302 valence electrons. The molecule has 0 spiro atoms. The summed E-state index contributed by atoms with van der Waals surface area (Å²) in [5.74, 6) is -2.44. The second-order valence-electron chi connectivity index (χ2n) is 15.5. The maximum atomic E-state index is 14.1. The molecule has 3 heterocycles. The van der Waals surface area contributed by atoms with Crippen LogP contribution in [-0.4, -0.2) is 106 Å². The third-order valence-corrected chi connectivity index (χ3v) is 14.0. The summed E-state index contributed by atoms with van der Waals surface area (Å²) in [6.07, 6.45) is 7.66. The summed E-state index contributed by atoms with van der Waals surface area (Å²) >= 11 is 1.52. The van der Waals surface area contributed by atoms with Crippen molar-refractivity contribution >= 4 is 51.4 Å². The van der Waals surface area contributed by atoms with Gasteiger partial charge in [-0.3, -0.25) is 28.7 Å². The minimum atomic E-state index is -3.89. The molecular formula is C39H50N6O9S2. The smallest absolute Gasteiger partial charge is 0.303 e. The highest BCUT2D eigenvalue weighted by Crippen LogP contribution is 2.46. The highest BCUT2D eigenvalue weighted by Gasteiger charge is 2.62. The van der Waals surface area contributed by atoms with E-state index in [-0.39, 0.29) is 31.5 Å². The van der Waals surface area contributed by atoms with Crippen molar-refractivity contribution in [3.05, 3.63) is 60.3 Å². The molecule has 6 N–H and O–H groups in total. The van der Waals surface area contributed by atoms with E-state index in [4.69, 9.17) is 15.6 Å². The fourth-order valence-electron chi connectivity index (χ4n) is 7.09. The molecule has 1 aromatic carbocycles. The Kier molecular flexibility index (Phi) is 12.5.